The monoisotopic (exact) mass is 347 g/mol. The van der Waals surface area contributed by atoms with E-state index >= 15 is 0 Å². The van der Waals surface area contributed by atoms with Crippen molar-refractivity contribution in [3.8, 4) is 0 Å². The number of rotatable bonds is 8. The minimum absolute atomic E-state index is 0.0300. The second kappa shape index (κ2) is 9.86. The van der Waals surface area contributed by atoms with E-state index < -0.39 is 23.8 Å². The highest BCUT2D eigenvalue weighted by Crippen LogP contribution is 2.15. The molecule has 8 nitrogen and oxygen atoms in total. The van der Waals surface area contributed by atoms with Gasteiger partial charge in [-0.05, 0) is 25.5 Å². The Morgan fingerprint density at radius 1 is 1.24 bits per heavy atom. The number of hydrogen-bond acceptors (Lipinski definition) is 5. The van der Waals surface area contributed by atoms with Gasteiger partial charge in [-0.25, -0.2) is 4.79 Å². The van der Waals surface area contributed by atoms with Crippen molar-refractivity contribution in [3.63, 3.8) is 0 Å². The summed E-state index contributed by atoms with van der Waals surface area (Å²) in [7, 11) is 0. The van der Waals surface area contributed by atoms with Crippen molar-refractivity contribution in [2.45, 2.75) is 26.3 Å². The lowest BCUT2D eigenvalue weighted by Gasteiger charge is -2.15. The quantitative estimate of drug-likeness (QED) is 0.472. The highest BCUT2D eigenvalue weighted by Gasteiger charge is 2.19. The van der Waals surface area contributed by atoms with E-state index in [0.717, 1.165) is 6.08 Å². The van der Waals surface area contributed by atoms with Crippen LogP contribution in [0.2, 0.25) is 0 Å². The van der Waals surface area contributed by atoms with Crippen LogP contribution in [0.5, 0.6) is 0 Å². The van der Waals surface area contributed by atoms with Crippen LogP contribution in [0, 0.1) is 0 Å². The Kier molecular flexibility index (Phi) is 7.85. The summed E-state index contributed by atoms with van der Waals surface area (Å²) in [5, 5.41) is 5.02. The summed E-state index contributed by atoms with van der Waals surface area (Å²) < 4.78 is 4.72. The van der Waals surface area contributed by atoms with Crippen molar-refractivity contribution in [2.75, 3.05) is 11.9 Å². The van der Waals surface area contributed by atoms with E-state index in [1.807, 2.05) is 0 Å². The topological polar surface area (TPSA) is 128 Å². The standard InChI is InChI=1S/C17H21N3O5/c1-3-25-15(22)10-6-9-14(16(18)23)20-17(24)12-7-4-5-8-13(12)19-11(2)21/h4-8,10,14H,3,9H2,1-2H3,(H2,18,23)(H,19,21)(H,20,24)/b10-6+/t14-/m1/s1. The summed E-state index contributed by atoms with van der Waals surface area (Å²) in [6.45, 7) is 3.23. The number of primary amides is 1. The van der Waals surface area contributed by atoms with Crippen molar-refractivity contribution in [2.24, 2.45) is 5.73 Å². The van der Waals surface area contributed by atoms with Crippen LogP contribution in [0.3, 0.4) is 0 Å². The predicted octanol–water partition coefficient (Wildman–Crippen LogP) is 0.738. The number of carbonyl (C=O) groups is 4. The average molecular weight is 347 g/mol. The second-order valence-electron chi connectivity index (χ2n) is 5.05. The van der Waals surface area contributed by atoms with Crippen LogP contribution >= 0.6 is 0 Å². The lowest BCUT2D eigenvalue weighted by atomic mass is 10.1. The summed E-state index contributed by atoms with van der Waals surface area (Å²) in [5.74, 6) is -2.20. The third-order valence-corrected chi connectivity index (χ3v) is 3.04. The number of esters is 1. The fraction of sp³-hybridized carbons (Fsp3) is 0.294. The first-order valence-electron chi connectivity index (χ1n) is 7.65. The molecular weight excluding hydrogens is 326 g/mol. The van der Waals surface area contributed by atoms with Gasteiger partial charge in [0.2, 0.25) is 11.8 Å². The molecular formula is C17H21N3O5. The number of carbonyl (C=O) groups excluding carboxylic acids is 4. The molecule has 25 heavy (non-hydrogen) atoms. The van der Waals surface area contributed by atoms with Crippen LogP contribution < -0.4 is 16.4 Å². The number of para-hydroxylation sites is 1. The van der Waals surface area contributed by atoms with Gasteiger partial charge in [-0.15, -0.1) is 0 Å². The molecule has 1 atom stereocenters. The number of nitrogens with two attached hydrogens (primary N) is 1. The summed E-state index contributed by atoms with van der Waals surface area (Å²) in [4.78, 5) is 46.3. The SMILES string of the molecule is CCOC(=O)/C=C/C[C@@H](NC(=O)c1ccccc1NC(C)=O)C(N)=O. The fourth-order valence-electron chi connectivity index (χ4n) is 1.95. The molecule has 0 saturated carbocycles. The molecule has 0 heterocycles. The van der Waals surface area contributed by atoms with E-state index in [9.17, 15) is 19.2 Å². The normalized spacial score (nSPS) is 11.6. The zero-order valence-corrected chi connectivity index (χ0v) is 14.1. The van der Waals surface area contributed by atoms with E-state index in [2.05, 4.69) is 10.6 Å². The average Bonchev–Trinajstić information content (AvgIpc) is 2.53. The molecule has 0 radical (unpaired) electrons. The number of ether oxygens (including phenoxy) is 1. The van der Waals surface area contributed by atoms with Crippen LogP contribution in [-0.4, -0.2) is 36.3 Å². The molecule has 1 rings (SSSR count). The number of benzene rings is 1. The minimum atomic E-state index is -1.01. The van der Waals surface area contributed by atoms with Crippen molar-refractivity contribution in [1.82, 2.24) is 5.32 Å². The fourth-order valence-corrected chi connectivity index (χ4v) is 1.95. The molecule has 1 aromatic rings. The summed E-state index contributed by atoms with van der Waals surface area (Å²) in [6.07, 6.45) is 2.59. The zero-order chi connectivity index (χ0) is 18.8. The molecule has 0 aliphatic carbocycles. The first-order valence-corrected chi connectivity index (χ1v) is 7.65. The maximum absolute atomic E-state index is 12.4. The van der Waals surface area contributed by atoms with Crippen LogP contribution in [0.25, 0.3) is 0 Å². The lowest BCUT2D eigenvalue weighted by molar-refractivity contribution is -0.137. The number of amides is 3. The molecule has 0 aliphatic rings. The maximum atomic E-state index is 12.4. The van der Waals surface area contributed by atoms with Gasteiger partial charge in [0.15, 0.2) is 0 Å². The Balaban J connectivity index is 2.82. The molecule has 8 heteroatoms. The highest BCUT2D eigenvalue weighted by molar-refractivity contribution is 6.04. The maximum Gasteiger partial charge on any atom is 0.330 e. The molecule has 134 valence electrons. The molecule has 0 unspecified atom stereocenters. The third kappa shape index (κ3) is 6.86. The third-order valence-electron chi connectivity index (χ3n) is 3.04. The molecule has 0 spiro atoms. The van der Waals surface area contributed by atoms with Crippen LogP contribution in [-0.2, 0) is 19.1 Å². The van der Waals surface area contributed by atoms with Gasteiger partial charge >= 0.3 is 5.97 Å². The molecule has 0 aliphatic heterocycles. The van der Waals surface area contributed by atoms with Crippen LogP contribution in [0.1, 0.15) is 30.6 Å². The van der Waals surface area contributed by atoms with E-state index in [1.54, 1.807) is 25.1 Å². The molecule has 4 N–H and O–H groups in total. The molecule has 0 aromatic heterocycles. The molecule has 1 aromatic carbocycles. The van der Waals surface area contributed by atoms with E-state index in [4.69, 9.17) is 10.5 Å². The summed E-state index contributed by atoms with van der Waals surface area (Å²) in [5.41, 5.74) is 5.79. The Morgan fingerprint density at radius 2 is 1.92 bits per heavy atom. The first kappa shape index (κ1) is 19.9. The molecule has 3 amide bonds. The molecule has 0 saturated heterocycles. The van der Waals surface area contributed by atoms with Crippen molar-refractivity contribution in [1.29, 1.82) is 0 Å². The van der Waals surface area contributed by atoms with Gasteiger partial charge in [0.05, 0.1) is 17.9 Å². The van der Waals surface area contributed by atoms with Gasteiger partial charge in [0.25, 0.3) is 5.91 Å². The predicted molar refractivity (Wildman–Crippen MR) is 91.6 cm³/mol. The smallest absolute Gasteiger partial charge is 0.330 e. The van der Waals surface area contributed by atoms with Gasteiger partial charge in [0.1, 0.15) is 6.04 Å². The number of nitrogens with one attached hydrogen (secondary N) is 2. The van der Waals surface area contributed by atoms with E-state index in [-0.39, 0.29) is 24.5 Å². The van der Waals surface area contributed by atoms with Gasteiger partial charge in [0, 0.05) is 13.0 Å². The number of anilines is 1. The largest absolute Gasteiger partial charge is 0.463 e. The first-order chi connectivity index (χ1) is 11.8. The highest BCUT2D eigenvalue weighted by atomic mass is 16.5. The van der Waals surface area contributed by atoms with Crippen molar-refractivity contribution >= 4 is 29.4 Å². The Labute approximate surface area is 145 Å². The van der Waals surface area contributed by atoms with Crippen LogP contribution in [0.15, 0.2) is 36.4 Å². The Bertz CT molecular complexity index is 685. The van der Waals surface area contributed by atoms with Crippen LogP contribution in [0.4, 0.5) is 5.69 Å². The summed E-state index contributed by atoms with van der Waals surface area (Å²) in [6, 6.07) is 5.35. The van der Waals surface area contributed by atoms with Crippen molar-refractivity contribution < 1.29 is 23.9 Å². The lowest BCUT2D eigenvalue weighted by Crippen LogP contribution is -2.44. The minimum Gasteiger partial charge on any atom is -0.463 e. The van der Waals surface area contributed by atoms with E-state index in [1.165, 1.54) is 19.1 Å². The number of hydrogen-bond donors (Lipinski definition) is 3. The van der Waals surface area contributed by atoms with Crippen molar-refractivity contribution in [3.05, 3.63) is 42.0 Å². The second-order valence-corrected chi connectivity index (χ2v) is 5.05. The van der Waals surface area contributed by atoms with Gasteiger partial charge < -0.3 is 21.1 Å². The Hall–Kier alpha value is -3.16. The van der Waals surface area contributed by atoms with Gasteiger partial charge in [-0.2, -0.15) is 0 Å². The Morgan fingerprint density at radius 3 is 2.52 bits per heavy atom. The van der Waals surface area contributed by atoms with Gasteiger partial charge in [-0.3, -0.25) is 14.4 Å². The zero-order valence-electron chi connectivity index (χ0n) is 14.1. The summed E-state index contributed by atoms with van der Waals surface area (Å²) >= 11 is 0. The molecule has 0 fully saturated rings. The van der Waals surface area contributed by atoms with Gasteiger partial charge in [-0.1, -0.05) is 18.2 Å². The van der Waals surface area contributed by atoms with E-state index in [0.29, 0.717) is 5.69 Å². The molecule has 0 bridgehead atoms.